The Morgan fingerprint density at radius 2 is 2.04 bits per heavy atom. The van der Waals surface area contributed by atoms with E-state index in [4.69, 9.17) is 0 Å². The Morgan fingerprint density at radius 3 is 2.72 bits per heavy atom. The summed E-state index contributed by atoms with van der Waals surface area (Å²) >= 11 is 1.36. The molecule has 7 nitrogen and oxygen atoms in total. The van der Waals surface area contributed by atoms with Gasteiger partial charge in [0.2, 0.25) is 11.8 Å². The van der Waals surface area contributed by atoms with E-state index in [1.165, 1.54) is 11.8 Å². The number of carbonyl (C=O) groups excluding carboxylic acids is 2. The monoisotopic (exact) mass is 358 g/mol. The maximum absolute atomic E-state index is 12.6. The minimum atomic E-state index is -0.873. The Balaban J connectivity index is 1.92. The van der Waals surface area contributed by atoms with Crippen LogP contribution in [0.25, 0.3) is 0 Å². The number of nitrogens with one attached hydrogen (secondary N) is 3. The molecule has 25 heavy (non-hydrogen) atoms. The lowest BCUT2D eigenvalue weighted by atomic mass is 9.92. The Bertz CT molecular complexity index is 876. The number of H-pyrrole nitrogens is 1. The summed E-state index contributed by atoms with van der Waals surface area (Å²) in [6.45, 7) is 3.88. The zero-order chi connectivity index (χ0) is 18.0. The minimum Gasteiger partial charge on any atom is -0.326 e. The highest BCUT2D eigenvalue weighted by Gasteiger charge is 2.34. The molecule has 0 aliphatic carbocycles. The third kappa shape index (κ3) is 3.74. The molecule has 2 aromatic rings. The second-order valence-electron chi connectivity index (χ2n) is 5.73. The highest BCUT2D eigenvalue weighted by molar-refractivity contribution is 7.99. The predicted molar refractivity (Wildman–Crippen MR) is 97.1 cm³/mol. The average molecular weight is 358 g/mol. The van der Waals surface area contributed by atoms with Crippen LogP contribution < -0.4 is 16.2 Å². The lowest BCUT2D eigenvalue weighted by molar-refractivity contribution is -0.123. The molecule has 1 atom stereocenters. The van der Waals surface area contributed by atoms with Gasteiger partial charge in [-0.15, -0.1) is 0 Å². The van der Waals surface area contributed by atoms with Crippen LogP contribution in [-0.4, -0.2) is 27.5 Å². The van der Waals surface area contributed by atoms with E-state index in [2.05, 4.69) is 20.6 Å². The summed E-state index contributed by atoms with van der Waals surface area (Å²) < 4.78 is 0. The van der Waals surface area contributed by atoms with Crippen LogP contribution in [0.5, 0.6) is 0 Å². The van der Waals surface area contributed by atoms with E-state index in [0.717, 1.165) is 11.3 Å². The Hall–Kier alpha value is -2.61. The summed E-state index contributed by atoms with van der Waals surface area (Å²) in [6.07, 6.45) is -0.0876. The molecule has 0 unspecified atom stereocenters. The van der Waals surface area contributed by atoms with Gasteiger partial charge in [0, 0.05) is 12.1 Å². The number of fused-ring (bicyclic) bond motifs is 1. The number of aryl methyl sites for hydroxylation is 1. The van der Waals surface area contributed by atoms with Crippen molar-refractivity contribution < 1.29 is 9.59 Å². The Labute approximate surface area is 148 Å². The third-order valence-corrected chi connectivity index (χ3v) is 4.60. The lowest BCUT2D eigenvalue weighted by Crippen LogP contribution is -2.36. The van der Waals surface area contributed by atoms with E-state index >= 15 is 0 Å². The van der Waals surface area contributed by atoms with Gasteiger partial charge in [-0.05, 0) is 24.8 Å². The molecule has 0 saturated heterocycles. The standard InChI is InChI=1S/C17H18N4O3S/c1-3-25-17-20-14-13(16(24)21-17)11(8-12(22)19-14)15(23)18-10-6-4-9(2)5-7-10/h4-7,11H,3,8H2,1-2H3,(H,18,23)(H2,19,20,21,22,24)/t11-/m0/s1. The number of benzene rings is 1. The summed E-state index contributed by atoms with van der Waals surface area (Å²) in [4.78, 5) is 44.0. The number of aromatic amines is 1. The number of carbonyl (C=O) groups is 2. The van der Waals surface area contributed by atoms with Gasteiger partial charge in [0.05, 0.1) is 11.5 Å². The predicted octanol–water partition coefficient (Wildman–Crippen LogP) is 2.25. The number of nitrogens with zero attached hydrogens (tertiary/aromatic N) is 1. The maximum atomic E-state index is 12.6. The first-order chi connectivity index (χ1) is 12.0. The molecule has 2 heterocycles. The number of thioether (sulfide) groups is 1. The number of anilines is 2. The van der Waals surface area contributed by atoms with Gasteiger partial charge in [0.1, 0.15) is 5.82 Å². The molecule has 3 N–H and O–H groups in total. The summed E-state index contributed by atoms with van der Waals surface area (Å²) in [5, 5.41) is 5.78. The van der Waals surface area contributed by atoms with Gasteiger partial charge in [-0.1, -0.05) is 36.4 Å². The third-order valence-electron chi connectivity index (χ3n) is 3.85. The van der Waals surface area contributed by atoms with E-state index in [1.807, 2.05) is 26.0 Å². The molecule has 1 aromatic carbocycles. The first kappa shape index (κ1) is 17.2. The molecular formula is C17H18N4O3S. The molecule has 2 amide bonds. The Morgan fingerprint density at radius 1 is 1.32 bits per heavy atom. The molecule has 1 aliphatic heterocycles. The minimum absolute atomic E-state index is 0.0876. The molecule has 0 bridgehead atoms. The lowest BCUT2D eigenvalue weighted by Gasteiger charge is -2.23. The van der Waals surface area contributed by atoms with Gasteiger partial charge in [0.15, 0.2) is 5.16 Å². The topological polar surface area (TPSA) is 104 Å². The van der Waals surface area contributed by atoms with Crippen LogP contribution in [0.1, 0.15) is 30.4 Å². The van der Waals surface area contributed by atoms with Crippen LogP contribution in [0, 0.1) is 6.92 Å². The van der Waals surface area contributed by atoms with E-state index in [1.54, 1.807) is 12.1 Å². The van der Waals surface area contributed by atoms with Crippen molar-refractivity contribution in [3.8, 4) is 0 Å². The van der Waals surface area contributed by atoms with Gasteiger partial charge in [0.25, 0.3) is 5.56 Å². The summed E-state index contributed by atoms with van der Waals surface area (Å²) in [6, 6.07) is 7.31. The van der Waals surface area contributed by atoms with Crippen molar-refractivity contribution >= 4 is 35.1 Å². The summed E-state index contributed by atoms with van der Waals surface area (Å²) in [5.41, 5.74) is 1.49. The fourth-order valence-electron chi connectivity index (χ4n) is 2.65. The number of amides is 2. The quantitative estimate of drug-likeness (QED) is 0.574. The summed E-state index contributed by atoms with van der Waals surface area (Å²) in [7, 11) is 0. The molecule has 0 spiro atoms. The first-order valence-corrected chi connectivity index (χ1v) is 8.91. The van der Waals surface area contributed by atoms with Crippen LogP contribution in [0.3, 0.4) is 0 Å². The van der Waals surface area contributed by atoms with Gasteiger partial charge < -0.3 is 15.6 Å². The molecule has 0 fully saturated rings. The fraction of sp³-hybridized carbons (Fsp3) is 0.294. The van der Waals surface area contributed by atoms with Gasteiger partial charge in [-0.25, -0.2) is 4.98 Å². The van der Waals surface area contributed by atoms with Gasteiger partial charge in [-0.2, -0.15) is 0 Å². The van der Waals surface area contributed by atoms with Crippen molar-refractivity contribution in [3.63, 3.8) is 0 Å². The van der Waals surface area contributed by atoms with Crippen molar-refractivity contribution in [3.05, 3.63) is 45.7 Å². The van der Waals surface area contributed by atoms with Crippen LogP contribution in [0.2, 0.25) is 0 Å². The van der Waals surface area contributed by atoms with Crippen LogP contribution in [0.15, 0.2) is 34.2 Å². The maximum Gasteiger partial charge on any atom is 0.257 e. The van der Waals surface area contributed by atoms with Crippen molar-refractivity contribution in [2.24, 2.45) is 0 Å². The van der Waals surface area contributed by atoms with Crippen molar-refractivity contribution in [2.45, 2.75) is 31.3 Å². The molecule has 3 rings (SSSR count). The van der Waals surface area contributed by atoms with Gasteiger partial charge in [-0.3, -0.25) is 14.4 Å². The van der Waals surface area contributed by atoms with Crippen molar-refractivity contribution in [1.29, 1.82) is 0 Å². The number of hydrogen-bond donors (Lipinski definition) is 3. The molecule has 1 aromatic heterocycles. The van der Waals surface area contributed by atoms with E-state index in [0.29, 0.717) is 10.8 Å². The smallest absolute Gasteiger partial charge is 0.257 e. The van der Waals surface area contributed by atoms with Gasteiger partial charge >= 0.3 is 0 Å². The zero-order valence-electron chi connectivity index (χ0n) is 13.9. The van der Waals surface area contributed by atoms with Crippen LogP contribution in [0.4, 0.5) is 11.5 Å². The average Bonchev–Trinajstić information content (AvgIpc) is 2.56. The Kier molecular flexibility index (Phi) is 4.89. The molecule has 0 saturated carbocycles. The van der Waals surface area contributed by atoms with Crippen molar-refractivity contribution in [2.75, 3.05) is 16.4 Å². The van der Waals surface area contributed by atoms with Crippen molar-refractivity contribution in [1.82, 2.24) is 9.97 Å². The number of aromatic nitrogens is 2. The number of hydrogen-bond acceptors (Lipinski definition) is 5. The second kappa shape index (κ2) is 7.10. The molecule has 0 radical (unpaired) electrons. The van der Waals surface area contributed by atoms with E-state index in [-0.39, 0.29) is 23.7 Å². The zero-order valence-corrected chi connectivity index (χ0v) is 14.7. The SMILES string of the molecule is CCSc1nc2c(c(=O)[nH]1)[C@@H](C(=O)Nc1ccc(C)cc1)CC(=O)N2. The molecular weight excluding hydrogens is 340 g/mol. The highest BCUT2D eigenvalue weighted by atomic mass is 32.2. The van der Waals surface area contributed by atoms with Crippen LogP contribution in [-0.2, 0) is 9.59 Å². The first-order valence-electron chi connectivity index (χ1n) is 7.92. The normalized spacial score (nSPS) is 16.1. The van der Waals surface area contributed by atoms with E-state index < -0.39 is 17.4 Å². The number of rotatable bonds is 4. The fourth-order valence-corrected chi connectivity index (χ4v) is 3.24. The highest BCUT2D eigenvalue weighted by Crippen LogP contribution is 2.30. The van der Waals surface area contributed by atoms with E-state index in [9.17, 15) is 14.4 Å². The molecule has 1 aliphatic rings. The largest absolute Gasteiger partial charge is 0.326 e. The van der Waals surface area contributed by atoms with Crippen LogP contribution >= 0.6 is 11.8 Å². The molecule has 8 heteroatoms. The molecule has 130 valence electrons. The summed E-state index contributed by atoms with van der Waals surface area (Å²) in [5.74, 6) is -0.709. The second-order valence-corrected chi connectivity index (χ2v) is 6.98.